The Morgan fingerprint density at radius 1 is 0.973 bits per heavy atom. The van der Waals surface area contributed by atoms with Crippen molar-refractivity contribution in [3.8, 4) is 17.2 Å². The molecule has 0 N–H and O–H groups in total. The molecule has 3 aromatic rings. The quantitative estimate of drug-likeness (QED) is 0.397. The first-order chi connectivity index (χ1) is 18.1. The van der Waals surface area contributed by atoms with E-state index in [1.54, 1.807) is 26.4 Å². The van der Waals surface area contributed by atoms with Crippen molar-refractivity contribution in [2.24, 2.45) is 11.0 Å². The van der Waals surface area contributed by atoms with E-state index in [4.69, 9.17) is 19.3 Å². The van der Waals surface area contributed by atoms with Gasteiger partial charge in [-0.1, -0.05) is 48.5 Å². The number of benzene rings is 3. The van der Waals surface area contributed by atoms with Crippen LogP contribution in [0.5, 0.6) is 17.2 Å². The number of nitrogens with zero attached hydrogens (tertiary/aromatic N) is 2. The van der Waals surface area contributed by atoms with Crippen LogP contribution < -0.4 is 14.2 Å². The maximum atomic E-state index is 14.1. The van der Waals surface area contributed by atoms with Crippen LogP contribution in [-0.4, -0.2) is 37.5 Å². The molecule has 1 amide bonds. The van der Waals surface area contributed by atoms with Crippen molar-refractivity contribution in [2.75, 3.05) is 20.8 Å². The highest BCUT2D eigenvalue weighted by Gasteiger charge is 2.44. The summed E-state index contributed by atoms with van der Waals surface area (Å²) in [5.74, 6) is 0.632. The predicted octanol–water partition coefficient (Wildman–Crippen LogP) is 6.04. The van der Waals surface area contributed by atoms with E-state index in [-0.39, 0.29) is 30.2 Å². The lowest BCUT2D eigenvalue weighted by atomic mass is 9.77. The number of hydrazone groups is 1. The molecule has 2 aliphatic rings. The van der Waals surface area contributed by atoms with Crippen LogP contribution in [0.2, 0.25) is 0 Å². The van der Waals surface area contributed by atoms with E-state index in [0.29, 0.717) is 5.75 Å². The Labute approximate surface area is 216 Å². The first-order valence-electron chi connectivity index (χ1n) is 12.4. The zero-order valence-corrected chi connectivity index (χ0v) is 20.9. The number of carbonyl (C=O) groups is 1. The molecule has 2 atom stereocenters. The first kappa shape index (κ1) is 24.6. The third-order valence-electron chi connectivity index (χ3n) is 6.87. The number of rotatable bonds is 7. The molecule has 0 unspecified atom stereocenters. The maximum absolute atomic E-state index is 14.1. The lowest BCUT2D eigenvalue weighted by Gasteiger charge is -2.30. The molecule has 1 saturated carbocycles. The van der Waals surface area contributed by atoms with Gasteiger partial charge in [0.25, 0.3) is 5.91 Å². The number of ether oxygens (including phenoxy) is 3. The van der Waals surface area contributed by atoms with Crippen LogP contribution in [0.15, 0.2) is 83.5 Å². The summed E-state index contributed by atoms with van der Waals surface area (Å²) in [6.45, 7) is -0.332. The molecule has 0 bridgehead atoms. The van der Waals surface area contributed by atoms with Crippen LogP contribution in [0.4, 0.5) is 4.39 Å². The molecule has 3 aromatic carbocycles. The summed E-state index contributed by atoms with van der Waals surface area (Å²) < 4.78 is 30.9. The molecule has 1 aliphatic heterocycles. The van der Waals surface area contributed by atoms with Gasteiger partial charge in [0.15, 0.2) is 18.2 Å². The molecule has 5 rings (SSSR count). The summed E-state index contributed by atoms with van der Waals surface area (Å²) in [4.78, 5) is 13.5. The fourth-order valence-corrected chi connectivity index (χ4v) is 5.17. The summed E-state index contributed by atoms with van der Waals surface area (Å²) in [7, 11) is 3.28. The number of allylic oxidation sites excluding steroid dienone is 1. The number of carbonyl (C=O) groups excluding carboxylic acids is 1. The van der Waals surface area contributed by atoms with Crippen molar-refractivity contribution in [3.63, 3.8) is 0 Å². The number of hydrogen-bond acceptors (Lipinski definition) is 5. The molecule has 190 valence electrons. The lowest BCUT2D eigenvalue weighted by molar-refractivity contribution is -0.135. The van der Waals surface area contributed by atoms with E-state index in [9.17, 15) is 9.18 Å². The van der Waals surface area contributed by atoms with Gasteiger partial charge in [-0.3, -0.25) is 4.79 Å². The van der Waals surface area contributed by atoms with Crippen molar-refractivity contribution in [1.82, 2.24) is 5.01 Å². The first-order valence-corrected chi connectivity index (χ1v) is 12.4. The molecule has 7 heteroatoms. The second kappa shape index (κ2) is 10.9. The third-order valence-corrected chi connectivity index (χ3v) is 6.87. The highest BCUT2D eigenvalue weighted by atomic mass is 19.1. The Balaban J connectivity index is 1.52. The zero-order chi connectivity index (χ0) is 25.8. The Kier molecular flexibility index (Phi) is 7.21. The smallest absolute Gasteiger partial charge is 0.281 e. The maximum Gasteiger partial charge on any atom is 0.281 e. The minimum Gasteiger partial charge on any atom is -0.496 e. The number of amides is 1. The van der Waals surface area contributed by atoms with Gasteiger partial charge in [-0.2, -0.15) is 5.10 Å². The van der Waals surface area contributed by atoms with Gasteiger partial charge in [0.2, 0.25) is 0 Å². The topological polar surface area (TPSA) is 60.4 Å². The van der Waals surface area contributed by atoms with Crippen molar-refractivity contribution in [3.05, 3.63) is 95.3 Å². The van der Waals surface area contributed by atoms with E-state index in [1.165, 1.54) is 17.1 Å². The molecular weight excluding hydrogens is 471 g/mol. The highest BCUT2D eigenvalue weighted by Crippen LogP contribution is 2.46. The fraction of sp³-hybridized carbons (Fsp3) is 0.267. The Bertz CT molecular complexity index is 1350. The molecular formula is C30H29FN2O4. The van der Waals surface area contributed by atoms with Crippen LogP contribution in [0, 0.1) is 11.7 Å². The predicted molar refractivity (Wildman–Crippen MR) is 140 cm³/mol. The molecule has 0 spiro atoms. The van der Waals surface area contributed by atoms with E-state index >= 15 is 0 Å². The summed E-state index contributed by atoms with van der Waals surface area (Å²) in [5, 5.41) is 6.37. The van der Waals surface area contributed by atoms with Gasteiger partial charge in [-0.15, -0.1) is 0 Å². The second-order valence-corrected chi connectivity index (χ2v) is 9.04. The summed E-state index contributed by atoms with van der Waals surface area (Å²) in [5.41, 5.74) is 3.80. The average molecular weight is 501 g/mol. The standard InChI is InChI=1S/C30H29FN2O4/c1-35-25-15-6-3-10-20(25)18-21-11-9-13-23-29(21)32-33(30(23)22-12-4-7-16-26(22)36-2)28(34)19-37-27-17-8-5-14-24(27)31/h3-8,10,12,14-18,23,30H,9,11,13,19H2,1-2H3/b21-18+/t23-,30-/m0/s1. The van der Waals surface area contributed by atoms with Gasteiger partial charge in [0, 0.05) is 17.0 Å². The molecule has 0 radical (unpaired) electrons. The Morgan fingerprint density at radius 3 is 2.41 bits per heavy atom. The summed E-state index contributed by atoms with van der Waals surface area (Å²) >= 11 is 0. The summed E-state index contributed by atoms with van der Waals surface area (Å²) in [6.07, 6.45) is 4.79. The number of fused-ring (bicyclic) bond motifs is 1. The second-order valence-electron chi connectivity index (χ2n) is 9.04. The molecule has 1 heterocycles. The third kappa shape index (κ3) is 4.94. The summed E-state index contributed by atoms with van der Waals surface area (Å²) in [6, 6.07) is 21.2. The number of hydrogen-bond donors (Lipinski definition) is 0. The van der Waals surface area contributed by atoms with Gasteiger partial charge in [0.1, 0.15) is 11.5 Å². The number of para-hydroxylation sites is 3. The van der Waals surface area contributed by atoms with E-state index in [1.807, 2.05) is 48.5 Å². The normalized spacial score (nSPS) is 19.8. The monoisotopic (exact) mass is 500 g/mol. The fourth-order valence-electron chi connectivity index (χ4n) is 5.17. The van der Waals surface area contributed by atoms with Gasteiger partial charge >= 0.3 is 0 Å². The molecule has 1 aliphatic carbocycles. The van der Waals surface area contributed by atoms with Crippen LogP contribution >= 0.6 is 0 Å². The lowest BCUT2D eigenvalue weighted by Crippen LogP contribution is -2.35. The SMILES string of the molecule is COc1ccccc1/C=C1\CCC[C@H]2C1=NN(C(=O)COc1ccccc1F)[C@H]2c1ccccc1OC. The van der Waals surface area contributed by atoms with Crippen LogP contribution in [0.3, 0.4) is 0 Å². The largest absolute Gasteiger partial charge is 0.496 e. The van der Waals surface area contributed by atoms with Crippen molar-refractivity contribution < 1.29 is 23.4 Å². The van der Waals surface area contributed by atoms with E-state index in [2.05, 4.69) is 6.08 Å². The van der Waals surface area contributed by atoms with Gasteiger partial charge in [0.05, 0.1) is 26.0 Å². The van der Waals surface area contributed by atoms with Gasteiger partial charge in [-0.05, 0) is 55.2 Å². The van der Waals surface area contributed by atoms with Crippen LogP contribution in [0.25, 0.3) is 6.08 Å². The molecule has 0 aromatic heterocycles. The molecule has 6 nitrogen and oxygen atoms in total. The zero-order valence-electron chi connectivity index (χ0n) is 20.9. The molecule has 0 saturated heterocycles. The minimum absolute atomic E-state index is 0.0107. The molecule has 1 fully saturated rings. The van der Waals surface area contributed by atoms with Crippen molar-refractivity contribution in [2.45, 2.75) is 25.3 Å². The average Bonchev–Trinajstić information content (AvgIpc) is 3.33. The van der Waals surface area contributed by atoms with Crippen molar-refractivity contribution in [1.29, 1.82) is 0 Å². The minimum atomic E-state index is -0.514. The van der Waals surface area contributed by atoms with Crippen molar-refractivity contribution >= 4 is 17.7 Å². The highest BCUT2D eigenvalue weighted by molar-refractivity contribution is 6.08. The van der Waals surface area contributed by atoms with E-state index < -0.39 is 5.82 Å². The Morgan fingerprint density at radius 2 is 1.65 bits per heavy atom. The van der Waals surface area contributed by atoms with Crippen LogP contribution in [0.1, 0.15) is 36.4 Å². The van der Waals surface area contributed by atoms with E-state index in [0.717, 1.165) is 47.4 Å². The van der Waals surface area contributed by atoms with Gasteiger partial charge < -0.3 is 14.2 Å². The number of halogens is 1. The molecule has 37 heavy (non-hydrogen) atoms. The number of methoxy groups -OCH3 is 2. The van der Waals surface area contributed by atoms with Crippen LogP contribution in [-0.2, 0) is 4.79 Å². The Hall–Kier alpha value is -4.13. The van der Waals surface area contributed by atoms with Gasteiger partial charge in [-0.25, -0.2) is 9.40 Å².